The summed E-state index contributed by atoms with van der Waals surface area (Å²) in [5.41, 5.74) is 4.21. The number of nitrogens with zero attached hydrogens (tertiary/aromatic N) is 5. The van der Waals surface area contributed by atoms with Crippen LogP contribution in [0.2, 0.25) is 0 Å². The Morgan fingerprint density at radius 1 is 1.00 bits per heavy atom. The molecule has 0 bridgehead atoms. The lowest BCUT2D eigenvalue weighted by Crippen LogP contribution is -2.35. The fraction of sp³-hybridized carbons (Fsp3) is 0.308. The van der Waals surface area contributed by atoms with E-state index in [1.165, 1.54) is 0 Å². The summed E-state index contributed by atoms with van der Waals surface area (Å²) in [5.74, 6) is 0.832. The van der Waals surface area contributed by atoms with Crippen molar-refractivity contribution in [2.24, 2.45) is 0 Å². The molecular weight excluding hydrogens is 430 g/mol. The predicted octanol–water partition coefficient (Wildman–Crippen LogP) is 3.91. The number of rotatable bonds is 9. The molecule has 0 spiro atoms. The van der Waals surface area contributed by atoms with Gasteiger partial charge in [-0.15, -0.1) is 0 Å². The summed E-state index contributed by atoms with van der Waals surface area (Å²) in [6.07, 6.45) is 5.49. The lowest BCUT2D eigenvalue weighted by atomic mass is 10.1. The smallest absolute Gasteiger partial charge is 0.298 e. The number of oxazole rings is 1. The van der Waals surface area contributed by atoms with Crippen molar-refractivity contribution in [1.82, 2.24) is 19.7 Å². The molecule has 8 nitrogen and oxygen atoms in total. The number of morpholine rings is 1. The maximum atomic E-state index is 5.98. The highest BCUT2D eigenvalue weighted by molar-refractivity contribution is 5.39. The second-order valence-electron chi connectivity index (χ2n) is 8.34. The molecule has 176 valence electrons. The summed E-state index contributed by atoms with van der Waals surface area (Å²) in [4.78, 5) is 9.33. The van der Waals surface area contributed by atoms with Crippen molar-refractivity contribution in [3.8, 4) is 11.4 Å². The lowest BCUT2D eigenvalue weighted by molar-refractivity contribution is 0.0336. The van der Waals surface area contributed by atoms with Crippen LogP contribution in [0.15, 0.2) is 77.7 Å². The monoisotopic (exact) mass is 459 g/mol. The number of methoxy groups -OCH3 is 1. The normalized spacial score (nSPS) is 14.3. The highest BCUT2D eigenvalue weighted by Gasteiger charge is 2.18. The molecular formula is C26H29N5O3. The SMILES string of the molecule is COc1cccc(CN(Cc2cccc(-n3cccn3)c2)c2nc(CN3CCOCC3)co2)c1. The Balaban J connectivity index is 1.39. The Hall–Kier alpha value is -3.62. The zero-order chi connectivity index (χ0) is 23.2. The molecule has 0 saturated carbocycles. The van der Waals surface area contributed by atoms with Crippen LogP contribution in [0.3, 0.4) is 0 Å². The largest absolute Gasteiger partial charge is 0.497 e. The molecule has 5 rings (SSSR count). The summed E-state index contributed by atoms with van der Waals surface area (Å²) >= 11 is 0. The quantitative estimate of drug-likeness (QED) is 0.376. The molecule has 34 heavy (non-hydrogen) atoms. The van der Waals surface area contributed by atoms with Crippen molar-refractivity contribution in [2.75, 3.05) is 38.3 Å². The van der Waals surface area contributed by atoms with Gasteiger partial charge in [-0.1, -0.05) is 24.3 Å². The summed E-state index contributed by atoms with van der Waals surface area (Å²) in [7, 11) is 1.68. The molecule has 4 aromatic rings. The van der Waals surface area contributed by atoms with Crippen molar-refractivity contribution in [2.45, 2.75) is 19.6 Å². The minimum atomic E-state index is 0.607. The summed E-state index contributed by atoms with van der Waals surface area (Å²) < 4.78 is 18.7. The Bertz CT molecular complexity index is 1180. The summed E-state index contributed by atoms with van der Waals surface area (Å²) in [5, 5.41) is 4.36. The van der Waals surface area contributed by atoms with Crippen LogP contribution in [0.4, 0.5) is 6.01 Å². The predicted molar refractivity (Wildman–Crippen MR) is 129 cm³/mol. The molecule has 1 saturated heterocycles. The van der Waals surface area contributed by atoms with Gasteiger partial charge in [-0.05, 0) is 41.5 Å². The van der Waals surface area contributed by atoms with Crippen LogP contribution in [-0.2, 0) is 24.4 Å². The standard InChI is InChI=1S/C26H29N5O3/c1-32-25-8-3-6-22(16-25)18-30(17-21-5-2-7-24(15-21)31-10-4-9-27-31)26-28-23(20-34-26)19-29-11-13-33-14-12-29/h2-10,15-16,20H,11-14,17-19H2,1H3. The van der Waals surface area contributed by atoms with Gasteiger partial charge in [0.05, 0.1) is 31.7 Å². The minimum absolute atomic E-state index is 0.607. The van der Waals surface area contributed by atoms with E-state index in [9.17, 15) is 0 Å². The van der Waals surface area contributed by atoms with E-state index in [4.69, 9.17) is 18.9 Å². The maximum absolute atomic E-state index is 5.98. The molecule has 3 heterocycles. The molecule has 0 atom stereocenters. The number of aromatic nitrogens is 3. The topological polar surface area (TPSA) is 68.8 Å². The first-order chi connectivity index (χ1) is 16.8. The third kappa shape index (κ3) is 5.47. The van der Waals surface area contributed by atoms with Crippen molar-refractivity contribution in [3.63, 3.8) is 0 Å². The maximum Gasteiger partial charge on any atom is 0.298 e. The van der Waals surface area contributed by atoms with Gasteiger partial charge >= 0.3 is 0 Å². The molecule has 0 aliphatic carbocycles. The van der Waals surface area contributed by atoms with Gasteiger partial charge in [0.1, 0.15) is 12.0 Å². The lowest BCUT2D eigenvalue weighted by Gasteiger charge is -2.25. The number of hydrogen-bond acceptors (Lipinski definition) is 7. The third-order valence-corrected chi connectivity index (χ3v) is 5.86. The Morgan fingerprint density at radius 2 is 1.79 bits per heavy atom. The molecule has 0 amide bonds. The molecule has 2 aromatic carbocycles. The summed E-state index contributed by atoms with van der Waals surface area (Å²) in [6, 6.07) is 19.0. The van der Waals surface area contributed by atoms with Crippen molar-refractivity contribution in [1.29, 1.82) is 0 Å². The Labute approximate surface area is 199 Å². The van der Waals surface area contributed by atoms with Gasteiger partial charge in [-0.3, -0.25) is 4.90 Å². The van der Waals surface area contributed by atoms with E-state index in [1.54, 1.807) is 19.6 Å². The number of hydrogen-bond donors (Lipinski definition) is 0. The van der Waals surface area contributed by atoms with E-state index in [0.717, 1.165) is 61.1 Å². The minimum Gasteiger partial charge on any atom is -0.497 e. The molecule has 2 aromatic heterocycles. The van der Waals surface area contributed by atoms with Gasteiger partial charge in [0, 0.05) is 45.1 Å². The van der Waals surface area contributed by atoms with E-state index >= 15 is 0 Å². The van der Waals surface area contributed by atoms with Crippen molar-refractivity contribution in [3.05, 3.63) is 90.1 Å². The van der Waals surface area contributed by atoms with Crippen LogP contribution in [0, 0.1) is 0 Å². The molecule has 1 fully saturated rings. The van der Waals surface area contributed by atoms with Crippen LogP contribution in [0.5, 0.6) is 5.75 Å². The fourth-order valence-electron chi connectivity index (χ4n) is 4.12. The fourth-order valence-corrected chi connectivity index (χ4v) is 4.12. The summed E-state index contributed by atoms with van der Waals surface area (Å²) in [6.45, 7) is 5.39. The molecule has 0 radical (unpaired) electrons. The van der Waals surface area contributed by atoms with Crippen LogP contribution < -0.4 is 9.64 Å². The third-order valence-electron chi connectivity index (χ3n) is 5.86. The first-order valence-corrected chi connectivity index (χ1v) is 11.5. The second kappa shape index (κ2) is 10.5. The van der Waals surface area contributed by atoms with Gasteiger partial charge in [0.25, 0.3) is 6.01 Å². The highest BCUT2D eigenvalue weighted by Crippen LogP contribution is 2.23. The van der Waals surface area contributed by atoms with Gasteiger partial charge < -0.3 is 18.8 Å². The van der Waals surface area contributed by atoms with Crippen LogP contribution in [0.1, 0.15) is 16.8 Å². The van der Waals surface area contributed by atoms with E-state index in [0.29, 0.717) is 19.1 Å². The molecule has 0 unspecified atom stereocenters. The van der Waals surface area contributed by atoms with Crippen LogP contribution in [-0.4, -0.2) is 53.1 Å². The van der Waals surface area contributed by atoms with Gasteiger partial charge in [0.2, 0.25) is 0 Å². The number of anilines is 1. The second-order valence-corrected chi connectivity index (χ2v) is 8.34. The van der Waals surface area contributed by atoms with Crippen LogP contribution >= 0.6 is 0 Å². The molecule has 8 heteroatoms. The first kappa shape index (κ1) is 22.2. The van der Waals surface area contributed by atoms with E-state index in [2.05, 4.69) is 45.2 Å². The van der Waals surface area contributed by atoms with Gasteiger partial charge in [-0.25, -0.2) is 4.68 Å². The molecule has 1 aliphatic heterocycles. The van der Waals surface area contributed by atoms with E-state index < -0.39 is 0 Å². The Kier molecular flexibility index (Phi) is 6.88. The zero-order valence-electron chi connectivity index (χ0n) is 19.3. The van der Waals surface area contributed by atoms with E-state index in [-0.39, 0.29) is 0 Å². The first-order valence-electron chi connectivity index (χ1n) is 11.5. The molecule has 1 aliphatic rings. The zero-order valence-corrected chi connectivity index (χ0v) is 19.3. The van der Waals surface area contributed by atoms with Crippen LogP contribution in [0.25, 0.3) is 5.69 Å². The average Bonchev–Trinajstić information content (AvgIpc) is 3.58. The van der Waals surface area contributed by atoms with Gasteiger partial charge in [0.15, 0.2) is 0 Å². The number of ether oxygens (including phenoxy) is 2. The van der Waals surface area contributed by atoms with Crippen molar-refractivity contribution >= 4 is 6.01 Å². The average molecular weight is 460 g/mol. The number of benzene rings is 2. The van der Waals surface area contributed by atoms with E-state index in [1.807, 2.05) is 35.1 Å². The van der Waals surface area contributed by atoms with Crippen molar-refractivity contribution < 1.29 is 13.9 Å². The van der Waals surface area contributed by atoms with Gasteiger partial charge in [-0.2, -0.15) is 10.1 Å². The Morgan fingerprint density at radius 3 is 2.56 bits per heavy atom. The molecule has 0 N–H and O–H groups in total. The highest BCUT2D eigenvalue weighted by atomic mass is 16.5.